The maximum Gasteiger partial charge on any atom is 0.309 e. The van der Waals surface area contributed by atoms with Crippen molar-refractivity contribution < 1.29 is 19.0 Å². The number of benzene rings is 1. The first-order valence-electron chi connectivity index (χ1n) is 8.22. The van der Waals surface area contributed by atoms with Crippen LogP contribution in [0.5, 0.6) is 0 Å². The molecule has 1 aliphatic rings. The molecule has 0 bridgehead atoms. The summed E-state index contributed by atoms with van der Waals surface area (Å²) in [6, 6.07) is 8.25. The van der Waals surface area contributed by atoms with Crippen LogP contribution in [0.2, 0.25) is 0 Å². The lowest BCUT2D eigenvalue weighted by Gasteiger charge is -2.23. The summed E-state index contributed by atoms with van der Waals surface area (Å²) in [6.07, 6.45) is 2.91. The summed E-state index contributed by atoms with van der Waals surface area (Å²) >= 11 is 0. The Morgan fingerprint density at radius 2 is 2.00 bits per heavy atom. The Morgan fingerprint density at radius 3 is 2.68 bits per heavy atom. The molecule has 0 unspecified atom stereocenters. The Labute approximate surface area is 146 Å². The van der Waals surface area contributed by atoms with E-state index in [-0.39, 0.29) is 12.2 Å². The molecular formula is C20H20FNO3. The fourth-order valence-electron chi connectivity index (χ4n) is 3.05. The topological polar surface area (TPSA) is 59.4 Å². The second-order valence-corrected chi connectivity index (χ2v) is 6.30. The standard InChI is InChI=1S/C20H20FNO3/c1-12-9-19(14-3-5-15(21)6-4-14)18(13(2)22-12)8-7-17-10-16(23)11-20(24)25-17/h3-9,16-17,23H,10-11H2,1-2H3/b8-7+/t16-,17-/m1/s1. The molecule has 1 fully saturated rings. The molecule has 0 radical (unpaired) electrons. The van der Waals surface area contributed by atoms with Crippen LogP contribution < -0.4 is 0 Å². The minimum atomic E-state index is -0.676. The Morgan fingerprint density at radius 1 is 1.28 bits per heavy atom. The largest absolute Gasteiger partial charge is 0.458 e. The number of ether oxygens (including phenoxy) is 1. The van der Waals surface area contributed by atoms with Gasteiger partial charge in [-0.1, -0.05) is 18.2 Å². The smallest absolute Gasteiger partial charge is 0.309 e. The molecule has 1 N–H and O–H groups in total. The molecule has 1 aromatic carbocycles. The molecular weight excluding hydrogens is 321 g/mol. The number of cyclic esters (lactones) is 1. The second kappa shape index (κ2) is 7.15. The number of rotatable bonds is 3. The number of pyridine rings is 1. The number of carbonyl (C=O) groups is 1. The van der Waals surface area contributed by atoms with E-state index < -0.39 is 18.2 Å². The quantitative estimate of drug-likeness (QED) is 0.867. The molecule has 2 heterocycles. The number of aromatic nitrogens is 1. The van der Waals surface area contributed by atoms with Crippen LogP contribution in [0.25, 0.3) is 17.2 Å². The molecule has 130 valence electrons. The van der Waals surface area contributed by atoms with E-state index in [4.69, 9.17) is 4.74 Å². The zero-order chi connectivity index (χ0) is 18.0. The normalized spacial score (nSPS) is 20.7. The molecule has 0 saturated carbocycles. The van der Waals surface area contributed by atoms with Gasteiger partial charge in [-0.25, -0.2) is 4.39 Å². The Kier molecular flexibility index (Phi) is 4.95. The van der Waals surface area contributed by atoms with E-state index in [1.807, 2.05) is 26.0 Å². The highest BCUT2D eigenvalue weighted by molar-refractivity contribution is 5.77. The average Bonchev–Trinajstić information content (AvgIpc) is 2.53. The lowest BCUT2D eigenvalue weighted by molar-refractivity contribution is -0.156. The molecule has 0 spiro atoms. The van der Waals surface area contributed by atoms with Gasteiger partial charge >= 0.3 is 5.97 Å². The van der Waals surface area contributed by atoms with Crippen LogP contribution in [0, 0.1) is 19.7 Å². The predicted octanol–water partition coefficient (Wildman–Crippen LogP) is 3.58. The third-order valence-corrected chi connectivity index (χ3v) is 4.20. The Balaban J connectivity index is 1.96. The molecule has 0 aliphatic carbocycles. The fraction of sp³-hybridized carbons (Fsp3) is 0.300. The zero-order valence-electron chi connectivity index (χ0n) is 14.2. The van der Waals surface area contributed by atoms with Gasteiger partial charge in [-0.2, -0.15) is 0 Å². The highest BCUT2D eigenvalue weighted by Gasteiger charge is 2.25. The van der Waals surface area contributed by atoms with Crippen LogP contribution in [-0.2, 0) is 9.53 Å². The van der Waals surface area contributed by atoms with Crippen molar-refractivity contribution in [3.63, 3.8) is 0 Å². The lowest BCUT2D eigenvalue weighted by Crippen LogP contribution is -2.31. The van der Waals surface area contributed by atoms with E-state index in [1.165, 1.54) is 12.1 Å². The highest BCUT2D eigenvalue weighted by Crippen LogP contribution is 2.28. The third-order valence-electron chi connectivity index (χ3n) is 4.20. The predicted molar refractivity (Wildman–Crippen MR) is 93.3 cm³/mol. The van der Waals surface area contributed by atoms with Crippen molar-refractivity contribution in [2.24, 2.45) is 0 Å². The van der Waals surface area contributed by atoms with Gasteiger partial charge in [0.15, 0.2) is 0 Å². The SMILES string of the molecule is Cc1cc(-c2ccc(F)cc2)c(/C=C/[C@@H]2C[C@@H](O)CC(=O)O2)c(C)n1. The van der Waals surface area contributed by atoms with E-state index in [2.05, 4.69) is 4.98 Å². The van der Waals surface area contributed by atoms with E-state index >= 15 is 0 Å². The van der Waals surface area contributed by atoms with Crippen molar-refractivity contribution in [3.8, 4) is 11.1 Å². The Hall–Kier alpha value is -2.53. The first kappa shape index (κ1) is 17.3. The van der Waals surface area contributed by atoms with Crippen molar-refractivity contribution in [1.82, 2.24) is 4.98 Å². The maximum absolute atomic E-state index is 13.2. The molecule has 2 atom stereocenters. The molecule has 1 aliphatic heterocycles. The molecule has 1 saturated heterocycles. The third kappa shape index (κ3) is 4.12. The molecule has 25 heavy (non-hydrogen) atoms. The number of hydrogen-bond donors (Lipinski definition) is 1. The summed E-state index contributed by atoms with van der Waals surface area (Å²) in [6.45, 7) is 3.81. The van der Waals surface area contributed by atoms with Crippen molar-refractivity contribution in [3.05, 3.63) is 59.2 Å². The van der Waals surface area contributed by atoms with Gasteiger partial charge in [0.1, 0.15) is 11.9 Å². The summed E-state index contributed by atoms with van der Waals surface area (Å²) in [5.41, 5.74) is 4.40. The monoisotopic (exact) mass is 341 g/mol. The number of hydrogen-bond acceptors (Lipinski definition) is 4. The van der Waals surface area contributed by atoms with Gasteiger partial charge in [-0.3, -0.25) is 9.78 Å². The van der Waals surface area contributed by atoms with Gasteiger partial charge in [0.05, 0.1) is 12.5 Å². The molecule has 5 heteroatoms. The van der Waals surface area contributed by atoms with E-state index in [0.717, 1.165) is 28.1 Å². The van der Waals surface area contributed by atoms with Gasteiger partial charge in [-0.05, 0) is 49.2 Å². The van der Waals surface area contributed by atoms with E-state index in [1.54, 1.807) is 18.2 Å². The summed E-state index contributed by atoms with van der Waals surface area (Å²) in [5.74, 6) is -0.683. The van der Waals surface area contributed by atoms with Crippen molar-refractivity contribution in [1.29, 1.82) is 0 Å². The number of nitrogens with zero attached hydrogens (tertiary/aromatic N) is 1. The number of aryl methyl sites for hydroxylation is 2. The average molecular weight is 341 g/mol. The minimum absolute atomic E-state index is 0.0380. The number of esters is 1. The Bertz CT molecular complexity index is 814. The number of halogens is 1. The summed E-state index contributed by atoms with van der Waals surface area (Å²) in [5, 5.41) is 9.71. The molecule has 2 aromatic rings. The molecule has 3 rings (SSSR count). The fourth-order valence-corrected chi connectivity index (χ4v) is 3.05. The van der Waals surface area contributed by atoms with Crippen LogP contribution >= 0.6 is 0 Å². The molecule has 4 nitrogen and oxygen atoms in total. The van der Waals surface area contributed by atoms with Gasteiger partial charge in [0.2, 0.25) is 0 Å². The van der Waals surface area contributed by atoms with E-state index in [9.17, 15) is 14.3 Å². The number of carbonyl (C=O) groups excluding carboxylic acids is 1. The minimum Gasteiger partial charge on any atom is -0.458 e. The molecule has 1 aromatic heterocycles. The molecule has 0 amide bonds. The lowest BCUT2D eigenvalue weighted by atomic mass is 9.96. The van der Waals surface area contributed by atoms with Crippen LogP contribution in [0.4, 0.5) is 4.39 Å². The van der Waals surface area contributed by atoms with Crippen LogP contribution in [0.3, 0.4) is 0 Å². The zero-order valence-corrected chi connectivity index (χ0v) is 14.2. The first-order chi connectivity index (χ1) is 11.9. The number of aliphatic hydroxyl groups is 1. The van der Waals surface area contributed by atoms with Crippen molar-refractivity contribution >= 4 is 12.0 Å². The summed E-state index contributed by atoms with van der Waals surface area (Å²) in [4.78, 5) is 16.0. The first-order valence-corrected chi connectivity index (χ1v) is 8.22. The highest BCUT2D eigenvalue weighted by atomic mass is 19.1. The second-order valence-electron chi connectivity index (χ2n) is 6.30. The van der Waals surface area contributed by atoms with Crippen LogP contribution in [-0.4, -0.2) is 28.3 Å². The number of aliphatic hydroxyl groups excluding tert-OH is 1. The van der Waals surface area contributed by atoms with Gasteiger partial charge in [0, 0.05) is 23.4 Å². The van der Waals surface area contributed by atoms with Crippen molar-refractivity contribution in [2.45, 2.75) is 38.9 Å². The van der Waals surface area contributed by atoms with Crippen LogP contribution in [0.1, 0.15) is 29.8 Å². The summed E-state index contributed by atoms with van der Waals surface area (Å²) < 4.78 is 18.5. The van der Waals surface area contributed by atoms with E-state index in [0.29, 0.717) is 6.42 Å². The maximum atomic E-state index is 13.2. The van der Waals surface area contributed by atoms with Crippen molar-refractivity contribution in [2.75, 3.05) is 0 Å². The van der Waals surface area contributed by atoms with Gasteiger partial charge < -0.3 is 9.84 Å². The van der Waals surface area contributed by atoms with Gasteiger partial charge in [-0.15, -0.1) is 0 Å². The summed E-state index contributed by atoms with van der Waals surface area (Å²) in [7, 11) is 0. The van der Waals surface area contributed by atoms with Gasteiger partial charge in [0.25, 0.3) is 0 Å². The van der Waals surface area contributed by atoms with Crippen LogP contribution in [0.15, 0.2) is 36.4 Å².